The quantitative estimate of drug-likeness (QED) is 0.527. The highest BCUT2D eigenvalue weighted by atomic mass is 16.6. The van der Waals surface area contributed by atoms with Crippen LogP contribution < -0.4 is 5.73 Å². The van der Waals surface area contributed by atoms with Crippen LogP contribution in [0.1, 0.15) is 12.6 Å². The van der Waals surface area contributed by atoms with Gasteiger partial charge in [0.2, 0.25) is 5.88 Å². The Balaban J connectivity index is 2.84. The molecule has 0 aromatic carbocycles. The zero-order chi connectivity index (χ0) is 9.68. The van der Waals surface area contributed by atoms with Crippen LogP contribution in [0.15, 0.2) is 15.7 Å². The van der Waals surface area contributed by atoms with E-state index in [2.05, 4.69) is 19.7 Å². The third-order valence-corrected chi connectivity index (χ3v) is 1.15. The van der Waals surface area contributed by atoms with Crippen molar-refractivity contribution in [2.45, 2.75) is 6.92 Å². The number of nitrogens with zero attached hydrogens (tertiary/aromatic N) is 2. The summed E-state index contributed by atoms with van der Waals surface area (Å²) in [6.45, 7) is 2.10. The fourth-order valence-electron chi connectivity index (χ4n) is 0.648. The van der Waals surface area contributed by atoms with Gasteiger partial charge < -0.3 is 15.1 Å². The van der Waals surface area contributed by atoms with Gasteiger partial charge in [-0.1, -0.05) is 10.3 Å². The van der Waals surface area contributed by atoms with Crippen molar-refractivity contribution in [2.24, 2.45) is 5.16 Å². The van der Waals surface area contributed by atoms with Gasteiger partial charge in [-0.05, 0) is 6.92 Å². The number of anilines is 1. The van der Waals surface area contributed by atoms with Crippen LogP contribution in [0, 0.1) is 0 Å². The Kier molecular flexibility index (Phi) is 3.02. The number of carbonyl (C=O) groups excluding carboxylic acids is 1. The molecule has 0 aliphatic heterocycles. The standard InChI is InChI=1S/C7H8N3O3/c1-2-12-9-6(4-11)5-3-7(8)13-10-5/h3H,2,8H2,1H3/b9-6+. The van der Waals surface area contributed by atoms with Crippen LogP contribution in [0.2, 0.25) is 0 Å². The molecule has 0 atom stereocenters. The minimum atomic E-state index is -0.0673. The van der Waals surface area contributed by atoms with Crippen LogP contribution >= 0.6 is 0 Å². The number of oxime groups is 1. The molecule has 0 amide bonds. The van der Waals surface area contributed by atoms with Crippen molar-refractivity contribution >= 4 is 17.9 Å². The second-order valence-electron chi connectivity index (χ2n) is 2.07. The molecule has 1 rings (SSSR count). The fourth-order valence-corrected chi connectivity index (χ4v) is 0.648. The zero-order valence-electron chi connectivity index (χ0n) is 6.98. The van der Waals surface area contributed by atoms with E-state index in [4.69, 9.17) is 5.73 Å². The smallest absolute Gasteiger partial charge is 0.259 e. The fraction of sp³-hybridized carbons (Fsp3) is 0.286. The molecule has 13 heavy (non-hydrogen) atoms. The number of hydrogen-bond acceptors (Lipinski definition) is 6. The lowest BCUT2D eigenvalue weighted by Gasteiger charge is -1.92. The van der Waals surface area contributed by atoms with Crippen LogP contribution in [-0.4, -0.2) is 23.8 Å². The molecule has 6 heteroatoms. The summed E-state index contributed by atoms with van der Waals surface area (Å²) in [7, 11) is 0. The van der Waals surface area contributed by atoms with Gasteiger partial charge in [-0.15, -0.1) is 0 Å². The molecule has 0 bridgehead atoms. The molecule has 1 aromatic rings. The van der Waals surface area contributed by atoms with Crippen LogP contribution in [0.4, 0.5) is 5.88 Å². The summed E-state index contributed by atoms with van der Waals surface area (Å²) in [5.41, 5.74) is 5.39. The number of nitrogens with two attached hydrogens (primary N) is 1. The Hall–Kier alpha value is -1.85. The van der Waals surface area contributed by atoms with Crippen LogP contribution in [0.3, 0.4) is 0 Å². The van der Waals surface area contributed by atoms with E-state index < -0.39 is 0 Å². The minimum absolute atomic E-state index is 0.0673. The molecule has 6 nitrogen and oxygen atoms in total. The lowest BCUT2D eigenvalue weighted by molar-refractivity contribution is 0.159. The first-order chi connectivity index (χ1) is 6.27. The predicted molar refractivity (Wildman–Crippen MR) is 44.8 cm³/mol. The lowest BCUT2D eigenvalue weighted by Crippen LogP contribution is -2.03. The normalized spacial score (nSPS) is 11.3. The van der Waals surface area contributed by atoms with Crippen molar-refractivity contribution in [3.63, 3.8) is 0 Å². The molecule has 0 saturated carbocycles. The molecule has 0 aliphatic carbocycles. The largest absolute Gasteiger partial charge is 0.395 e. The maximum Gasteiger partial charge on any atom is 0.259 e. The molecular formula is C7H8N3O3. The van der Waals surface area contributed by atoms with E-state index in [1.165, 1.54) is 6.07 Å². The van der Waals surface area contributed by atoms with E-state index in [9.17, 15) is 4.79 Å². The summed E-state index contributed by atoms with van der Waals surface area (Å²) in [6, 6.07) is 1.36. The zero-order valence-corrected chi connectivity index (χ0v) is 6.98. The lowest BCUT2D eigenvalue weighted by atomic mass is 10.3. The Bertz CT molecular complexity index is 319. The maximum atomic E-state index is 10.4. The second kappa shape index (κ2) is 4.24. The van der Waals surface area contributed by atoms with Gasteiger partial charge in [0, 0.05) is 6.07 Å². The molecule has 2 N–H and O–H groups in total. The van der Waals surface area contributed by atoms with Gasteiger partial charge >= 0.3 is 0 Å². The Morgan fingerprint density at radius 1 is 1.92 bits per heavy atom. The van der Waals surface area contributed by atoms with E-state index in [1.54, 1.807) is 13.2 Å². The predicted octanol–water partition coefficient (Wildman–Crippen LogP) is 0.107. The summed E-state index contributed by atoms with van der Waals surface area (Å²) in [5.74, 6) is 0.106. The van der Waals surface area contributed by atoms with E-state index in [0.717, 1.165) is 0 Å². The van der Waals surface area contributed by atoms with Gasteiger partial charge in [0.25, 0.3) is 6.29 Å². The molecular weight excluding hydrogens is 174 g/mol. The Labute approximate surface area is 74.3 Å². The third kappa shape index (κ3) is 2.29. The number of nitrogen functional groups attached to an aromatic ring is 1. The van der Waals surface area contributed by atoms with Crippen molar-refractivity contribution in [3.05, 3.63) is 11.8 Å². The molecule has 69 valence electrons. The van der Waals surface area contributed by atoms with Gasteiger partial charge in [-0.25, -0.2) is 0 Å². The number of aromatic nitrogens is 1. The highest BCUT2D eigenvalue weighted by Crippen LogP contribution is 2.05. The van der Waals surface area contributed by atoms with Gasteiger partial charge in [0.15, 0.2) is 5.71 Å². The minimum Gasteiger partial charge on any atom is -0.395 e. The molecule has 1 heterocycles. The van der Waals surface area contributed by atoms with Crippen molar-refractivity contribution in [2.75, 3.05) is 12.3 Å². The van der Waals surface area contributed by atoms with Crippen molar-refractivity contribution in [1.82, 2.24) is 5.16 Å². The van der Waals surface area contributed by atoms with Gasteiger partial charge in [0.1, 0.15) is 12.3 Å². The second-order valence-corrected chi connectivity index (χ2v) is 2.07. The van der Waals surface area contributed by atoms with Crippen molar-refractivity contribution in [1.29, 1.82) is 0 Å². The first-order valence-electron chi connectivity index (χ1n) is 3.58. The van der Waals surface area contributed by atoms with Crippen molar-refractivity contribution in [3.8, 4) is 0 Å². The van der Waals surface area contributed by atoms with Gasteiger partial charge in [-0.3, -0.25) is 4.79 Å². The maximum absolute atomic E-state index is 10.4. The summed E-state index contributed by atoms with van der Waals surface area (Å²) < 4.78 is 4.54. The molecule has 0 saturated heterocycles. The van der Waals surface area contributed by atoms with Crippen molar-refractivity contribution < 1.29 is 14.2 Å². The molecule has 0 fully saturated rings. The topological polar surface area (TPSA) is 90.7 Å². The Morgan fingerprint density at radius 3 is 3.15 bits per heavy atom. The molecule has 0 unspecified atom stereocenters. The first-order valence-corrected chi connectivity index (χ1v) is 3.58. The summed E-state index contributed by atoms with van der Waals surface area (Å²) >= 11 is 0. The number of rotatable bonds is 4. The molecule has 0 spiro atoms. The average Bonchev–Trinajstić information content (AvgIpc) is 2.54. The first kappa shape index (κ1) is 9.24. The average molecular weight is 182 g/mol. The van der Waals surface area contributed by atoms with E-state index in [-0.39, 0.29) is 17.3 Å². The summed E-state index contributed by atoms with van der Waals surface area (Å²) in [4.78, 5) is 15.0. The third-order valence-electron chi connectivity index (χ3n) is 1.15. The van der Waals surface area contributed by atoms with E-state index in [0.29, 0.717) is 6.61 Å². The molecule has 1 aromatic heterocycles. The Morgan fingerprint density at radius 2 is 2.69 bits per heavy atom. The molecule has 0 aliphatic rings. The highest BCUT2D eigenvalue weighted by molar-refractivity contribution is 6.35. The summed E-state index contributed by atoms with van der Waals surface area (Å²) in [5, 5.41) is 6.93. The highest BCUT2D eigenvalue weighted by Gasteiger charge is 2.09. The molecule has 1 radical (unpaired) electrons. The van der Waals surface area contributed by atoms with Gasteiger partial charge in [0.05, 0.1) is 0 Å². The van der Waals surface area contributed by atoms with Gasteiger partial charge in [-0.2, -0.15) is 0 Å². The monoisotopic (exact) mass is 182 g/mol. The van der Waals surface area contributed by atoms with Crippen LogP contribution in [0.25, 0.3) is 0 Å². The van der Waals surface area contributed by atoms with Crippen LogP contribution in [0.5, 0.6) is 0 Å². The van der Waals surface area contributed by atoms with E-state index >= 15 is 0 Å². The SMILES string of the molecule is CCO/N=C(\[C]=O)c1cc(N)on1. The van der Waals surface area contributed by atoms with Crippen LogP contribution in [-0.2, 0) is 9.63 Å². The van der Waals surface area contributed by atoms with E-state index in [1.807, 2.05) is 0 Å². The summed E-state index contributed by atoms with van der Waals surface area (Å²) in [6.07, 6.45) is 1.56. The number of hydrogen-bond donors (Lipinski definition) is 1.